The van der Waals surface area contributed by atoms with Gasteiger partial charge in [-0.15, -0.1) is 0 Å². The first-order valence-electron chi connectivity index (χ1n) is 6.34. The van der Waals surface area contributed by atoms with Gasteiger partial charge >= 0.3 is 0 Å². The zero-order valence-electron chi connectivity index (χ0n) is 11.9. The van der Waals surface area contributed by atoms with Crippen molar-refractivity contribution < 1.29 is 19.6 Å². The maximum absolute atomic E-state index is 10.4. The van der Waals surface area contributed by atoms with E-state index in [0.29, 0.717) is 13.0 Å². The number of hydrogen-bond donors (Lipinski definition) is 1. The second-order valence-electron chi connectivity index (χ2n) is 4.95. The Kier molecular flexibility index (Phi) is 4.12. The average Bonchev–Trinajstić information content (AvgIpc) is 2.41. The molecule has 0 saturated heterocycles. The summed E-state index contributed by atoms with van der Waals surface area (Å²) < 4.78 is 5.47. The highest BCUT2D eigenvalue weighted by molar-refractivity contribution is 5.59. The van der Waals surface area contributed by atoms with Crippen molar-refractivity contribution in [2.75, 3.05) is 7.11 Å². The van der Waals surface area contributed by atoms with Crippen LogP contribution in [0.25, 0.3) is 0 Å². The van der Waals surface area contributed by atoms with Crippen molar-refractivity contribution in [3.05, 3.63) is 33.9 Å². The van der Waals surface area contributed by atoms with Crippen LogP contribution in [0.4, 0.5) is 0 Å². The van der Waals surface area contributed by atoms with Crippen molar-refractivity contribution in [3.63, 3.8) is 0 Å². The Morgan fingerprint density at radius 2 is 1.89 bits per heavy atom. The highest BCUT2D eigenvalue weighted by Gasteiger charge is 2.24. The van der Waals surface area contributed by atoms with Gasteiger partial charge in [-0.25, -0.2) is 9.78 Å². The van der Waals surface area contributed by atoms with Crippen molar-refractivity contribution in [1.29, 1.82) is 0 Å². The molecular formula is C15H20O4. The number of hydrogen-bond acceptors (Lipinski definition) is 4. The van der Waals surface area contributed by atoms with E-state index in [1.165, 1.54) is 5.57 Å². The molecule has 2 rings (SSSR count). The molecule has 19 heavy (non-hydrogen) atoms. The van der Waals surface area contributed by atoms with Crippen LogP contribution in [0, 0.1) is 6.92 Å². The summed E-state index contributed by atoms with van der Waals surface area (Å²) in [5.41, 5.74) is 4.79. The molecule has 104 valence electrons. The molecule has 0 atom stereocenters. The molecule has 0 saturated carbocycles. The molecule has 1 heterocycles. The van der Waals surface area contributed by atoms with Crippen LogP contribution in [0.15, 0.2) is 11.6 Å². The van der Waals surface area contributed by atoms with E-state index in [2.05, 4.69) is 6.08 Å². The summed E-state index contributed by atoms with van der Waals surface area (Å²) in [4.78, 5) is 9.96. The van der Waals surface area contributed by atoms with Gasteiger partial charge in [0.1, 0.15) is 24.7 Å². The number of allylic oxidation sites excluding steroid dienone is 2. The van der Waals surface area contributed by atoms with Crippen molar-refractivity contribution in [2.24, 2.45) is 0 Å². The van der Waals surface area contributed by atoms with Gasteiger partial charge in [0.25, 0.3) is 0 Å². The molecule has 1 aliphatic rings. The monoisotopic (exact) mass is 264 g/mol. The van der Waals surface area contributed by atoms with E-state index >= 15 is 0 Å². The fourth-order valence-corrected chi connectivity index (χ4v) is 2.35. The molecule has 0 fully saturated rings. The van der Waals surface area contributed by atoms with Crippen LogP contribution in [-0.4, -0.2) is 12.2 Å². The lowest BCUT2D eigenvalue weighted by Gasteiger charge is -2.23. The normalized spacial score (nSPS) is 13.9. The van der Waals surface area contributed by atoms with E-state index in [1.807, 2.05) is 20.8 Å². The van der Waals surface area contributed by atoms with Gasteiger partial charge in [-0.2, -0.15) is 0 Å². The minimum absolute atomic E-state index is 0.262. The summed E-state index contributed by atoms with van der Waals surface area (Å²) in [5, 5.41) is 10.4. The van der Waals surface area contributed by atoms with Crippen LogP contribution in [-0.2, 0) is 29.4 Å². The van der Waals surface area contributed by atoms with E-state index in [9.17, 15) is 5.11 Å². The highest BCUT2D eigenvalue weighted by atomic mass is 17.2. The summed E-state index contributed by atoms with van der Waals surface area (Å²) >= 11 is 0. The smallest absolute Gasteiger partial charge is 0.129 e. The zero-order chi connectivity index (χ0) is 14.0. The lowest BCUT2D eigenvalue weighted by atomic mass is 9.94. The average molecular weight is 264 g/mol. The molecule has 0 unspecified atom stereocenters. The van der Waals surface area contributed by atoms with E-state index in [0.717, 1.165) is 28.0 Å². The van der Waals surface area contributed by atoms with Crippen molar-refractivity contribution in [1.82, 2.24) is 0 Å². The Labute approximate surface area is 113 Å². The molecule has 0 bridgehead atoms. The fourth-order valence-electron chi connectivity index (χ4n) is 2.35. The largest absolute Gasteiger partial charge is 0.507 e. The number of benzene rings is 1. The topological polar surface area (TPSA) is 47.9 Å². The molecule has 0 aliphatic carbocycles. The molecule has 0 spiro atoms. The maximum atomic E-state index is 10.4. The van der Waals surface area contributed by atoms with Crippen molar-refractivity contribution >= 4 is 0 Å². The van der Waals surface area contributed by atoms with Gasteiger partial charge in [-0.1, -0.05) is 11.6 Å². The third kappa shape index (κ3) is 2.60. The molecule has 0 amide bonds. The lowest BCUT2D eigenvalue weighted by Crippen LogP contribution is -2.12. The van der Waals surface area contributed by atoms with Gasteiger partial charge in [-0.3, -0.25) is 0 Å². The molecule has 1 aromatic carbocycles. The molecular weight excluding hydrogens is 244 g/mol. The minimum Gasteiger partial charge on any atom is -0.507 e. The molecule has 0 aromatic heterocycles. The predicted molar refractivity (Wildman–Crippen MR) is 72.1 cm³/mol. The first-order valence-corrected chi connectivity index (χ1v) is 6.34. The van der Waals surface area contributed by atoms with Gasteiger partial charge in [0.05, 0.1) is 7.11 Å². The number of methoxy groups -OCH3 is 1. The number of rotatable bonds is 3. The second kappa shape index (κ2) is 5.63. The van der Waals surface area contributed by atoms with Crippen LogP contribution in [0.3, 0.4) is 0 Å². The van der Waals surface area contributed by atoms with E-state index in [4.69, 9.17) is 14.5 Å². The molecule has 1 N–H and O–H groups in total. The number of ether oxygens (including phenoxy) is 1. The van der Waals surface area contributed by atoms with Crippen LogP contribution < -0.4 is 4.74 Å². The number of aromatic hydroxyl groups is 1. The summed E-state index contributed by atoms with van der Waals surface area (Å²) in [6, 6.07) is 0. The summed E-state index contributed by atoms with van der Waals surface area (Å²) in [6.45, 7) is 6.66. The van der Waals surface area contributed by atoms with Gasteiger partial charge in [0.15, 0.2) is 0 Å². The van der Waals surface area contributed by atoms with Gasteiger partial charge in [0.2, 0.25) is 0 Å². The van der Waals surface area contributed by atoms with E-state index in [1.54, 1.807) is 7.11 Å². The highest BCUT2D eigenvalue weighted by Crippen LogP contribution is 2.40. The standard InChI is InChI=1S/C15H20O4/c1-9(2)5-6-11-14(16)13-8-19-18-7-12(13)10(3)15(11)17-4/h5,16H,6-8H2,1-4H3. The SMILES string of the molecule is COc1c(C)c2c(c(O)c1CC=C(C)C)COOC2. The molecule has 1 aliphatic heterocycles. The molecule has 1 aromatic rings. The lowest BCUT2D eigenvalue weighted by molar-refractivity contribution is -0.322. The summed E-state index contributed by atoms with van der Waals surface area (Å²) in [5.74, 6) is 0.998. The number of fused-ring (bicyclic) bond motifs is 1. The zero-order valence-corrected chi connectivity index (χ0v) is 11.9. The Morgan fingerprint density at radius 3 is 2.47 bits per heavy atom. The van der Waals surface area contributed by atoms with Crippen molar-refractivity contribution in [2.45, 2.75) is 40.4 Å². The predicted octanol–water partition coefficient (Wildman–Crippen LogP) is 3.18. The number of phenolic OH excluding ortho intramolecular Hbond substituents is 1. The molecule has 4 heteroatoms. The summed E-state index contributed by atoms with van der Waals surface area (Å²) in [7, 11) is 1.63. The van der Waals surface area contributed by atoms with Crippen LogP contribution >= 0.6 is 0 Å². The fraction of sp³-hybridized carbons (Fsp3) is 0.467. The minimum atomic E-state index is 0.262. The van der Waals surface area contributed by atoms with Gasteiger partial charge < -0.3 is 9.84 Å². The third-order valence-electron chi connectivity index (χ3n) is 3.41. The van der Waals surface area contributed by atoms with Gasteiger partial charge in [-0.05, 0) is 38.3 Å². The van der Waals surface area contributed by atoms with Gasteiger partial charge in [0, 0.05) is 11.1 Å². The van der Waals surface area contributed by atoms with Crippen LogP contribution in [0.5, 0.6) is 11.5 Å². The van der Waals surface area contributed by atoms with E-state index in [-0.39, 0.29) is 12.4 Å². The first-order chi connectivity index (χ1) is 9.06. The molecule has 0 radical (unpaired) electrons. The second-order valence-corrected chi connectivity index (χ2v) is 4.95. The molecule has 4 nitrogen and oxygen atoms in total. The number of phenols is 1. The summed E-state index contributed by atoms with van der Waals surface area (Å²) in [6.07, 6.45) is 2.72. The Hall–Kier alpha value is -1.52. The quantitative estimate of drug-likeness (QED) is 0.673. The van der Waals surface area contributed by atoms with Crippen LogP contribution in [0.2, 0.25) is 0 Å². The van der Waals surface area contributed by atoms with Crippen LogP contribution in [0.1, 0.15) is 36.1 Å². The maximum Gasteiger partial charge on any atom is 0.129 e. The Morgan fingerprint density at radius 1 is 1.26 bits per heavy atom. The Balaban J connectivity index is 2.58. The first kappa shape index (κ1) is 13.9. The third-order valence-corrected chi connectivity index (χ3v) is 3.41. The van der Waals surface area contributed by atoms with Crippen molar-refractivity contribution in [3.8, 4) is 11.5 Å². The Bertz CT molecular complexity index is 514. The van der Waals surface area contributed by atoms with E-state index < -0.39 is 0 Å².